The number of fused-ring (bicyclic) bond motifs is 1. The van der Waals surface area contributed by atoms with Gasteiger partial charge in [-0.1, -0.05) is 12.1 Å². The molecule has 0 spiro atoms. The van der Waals surface area contributed by atoms with Crippen molar-refractivity contribution >= 4 is 26.8 Å². The number of aromatic nitrogens is 3. The summed E-state index contributed by atoms with van der Waals surface area (Å²) in [6.07, 6.45) is 1.19. The zero-order valence-corrected chi connectivity index (χ0v) is 10.1. The number of para-hydroxylation sites is 1. The lowest BCUT2D eigenvalue weighted by Gasteiger charge is -2.03. The maximum atomic E-state index is 10.9. The van der Waals surface area contributed by atoms with Crippen molar-refractivity contribution in [2.24, 2.45) is 0 Å². The van der Waals surface area contributed by atoms with Crippen molar-refractivity contribution in [1.29, 1.82) is 0 Å². The molecule has 0 amide bonds. The Balaban J connectivity index is 2.09. The summed E-state index contributed by atoms with van der Waals surface area (Å²) in [7, 11) is -2.98. The molecule has 2 rings (SSSR count). The fourth-order valence-corrected chi connectivity index (χ4v) is 1.78. The minimum atomic E-state index is -2.98. The lowest BCUT2D eigenvalue weighted by molar-refractivity contribution is 0.602. The summed E-state index contributed by atoms with van der Waals surface area (Å²) in [5.74, 6) is 0.385. The van der Waals surface area contributed by atoms with Crippen LogP contribution in [0.5, 0.6) is 0 Å². The lowest BCUT2D eigenvalue weighted by atomic mass is 10.3. The summed E-state index contributed by atoms with van der Waals surface area (Å²) >= 11 is 0. The highest BCUT2D eigenvalue weighted by atomic mass is 32.2. The average molecular weight is 252 g/mol. The third kappa shape index (κ3) is 3.35. The number of sulfone groups is 1. The monoisotopic (exact) mass is 252 g/mol. The van der Waals surface area contributed by atoms with Gasteiger partial charge in [0.1, 0.15) is 15.4 Å². The molecule has 0 aliphatic heterocycles. The second kappa shape index (κ2) is 4.62. The zero-order valence-electron chi connectivity index (χ0n) is 9.29. The molecule has 17 heavy (non-hydrogen) atoms. The van der Waals surface area contributed by atoms with E-state index in [1.54, 1.807) is 0 Å². The van der Waals surface area contributed by atoms with E-state index >= 15 is 0 Å². The summed E-state index contributed by atoms with van der Waals surface area (Å²) in [5, 5.41) is 10.7. The minimum absolute atomic E-state index is 0.0448. The van der Waals surface area contributed by atoms with Gasteiger partial charge in [-0.05, 0) is 12.1 Å². The summed E-state index contributed by atoms with van der Waals surface area (Å²) in [6, 6.07) is 7.36. The number of rotatable bonds is 4. The number of nitrogens with one attached hydrogen (secondary N) is 1. The van der Waals surface area contributed by atoms with Crippen molar-refractivity contribution in [2.75, 3.05) is 23.9 Å². The van der Waals surface area contributed by atoms with E-state index in [0.29, 0.717) is 11.5 Å². The van der Waals surface area contributed by atoms with Crippen molar-refractivity contribution < 1.29 is 8.42 Å². The molecule has 1 aromatic heterocycles. The van der Waals surface area contributed by atoms with E-state index in [1.165, 1.54) is 6.26 Å². The molecule has 0 aliphatic rings. The molecule has 1 heterocycles. The Morgan fingerprint density at radius 1 is 1.18 bits per heavy atom. The van der Waals surface area contributed by atoms with E-state index in [1.807, 2.05) is 24.3 Å². The topological polar surface area (TPSA) is 84.8 Å². The van der Waals surface area contributed by atoms with Crippen molar-refractivity contribution in [2.45, 2.75) is 0 Å². The van der Waals surface area contributed by atoms with Crippen LogP contribution < -0.4 is 5.32 Å². The van der Waals surface area contributed by atoms with Gasteiger partial charge >= 0.3 is 0 Å². The van der Waals surface area contributed by atoms with Crippen LogP contribution in [0.3, 0.4) is 0 Å². The molecule has 0 radical (unpaired) electrons. The molecule has 6 nitrogen and oxygen atoms in total. The molecule has 0 aliphatic carbocycles. The van der Waals surface area contributed by atoms with E-state index < -0.39 is 9.84 Å². The predicted molar refractivity (Wildman–Crippen MR) is 65.5 cm³/mol. The Morgan fingerprint density at radius 3 is 2.59 bits per heavy atom. The van der Waals surface area contributed by atoms with Crippen molar-refractivity contribution in [3.8, 4) is 0 Å². The first-order valence-corrected chi connectivity index (χ1v) is 7.12. The molecule has 0 fully saturated rings. The molecule has 7 heteroatoms. The van der Waals surface area contributed by atoms with E-state index in [2.05, 4.69) is 20.5 Å². The molecule has 90 valence electrons. The van der Waals surface area contributed by atoms with Crippen molar-refractivity contribution in [1.82, 2.24) is 15.2 Å². The Bertz CT molecular complexity index is 627. The van der Waals surface area contributed by atoms with Gasteiger partial charge < -0.3 is 5.32 Å². The first-order chi connectivity index (χ1) is 8.04. The molecule has 0 unspecified atom stereocenters. The van der Waals surface area contributed by atoms with Crippen LogP contribution in [0.4, 0.5) is 5.95 Å². The molecular weight excluding hydrogens is 240 g/mol. The summed E-state index contributed by atoms with van der Waals surface area (Å²) in [4.78, 5) is 4.22. The first kappa shape index (κ1) is 11.7. The normalized spacial score (nSPS) is 11.6. The Labute approximate surface area is 99.0 Å². The Hall–Kier alpha value is -1.76. The van der Waals surface area contributed by atoms with Crippen LogP contribution in [-0.4, -0.2) is 42.2 Å². The van der Waals surface area contributed by atoms with Gasteiger partial charge in [-0.3, -0.25) is 0 Å². The molecule has 0 saturated carbocycles. The number of nitrogens with zero attached hydrogens (tertiary/aromatic N) is 3. The summed E-state index contributed by atoms with van der Waals surface area (Å²) in [6.45, 7) is 0.277. The van der Waals surface area contributed by atoms with Crippen LogP contribution >= 0.6 is 0 Å². The maximum Gasteiger partial charge on any atom is 0.243 e. The van der Waals surface area contributed by atoms with Gasteiger partial charge in [-0.25, -0.2) is 13.4 Å². The van der Waals surface area contributed by atoms with Crippen LogP contribution in [0, 0.1) is 0 Å². The molecule has 0 bridgehead atoms. The van der Waals surface area contributed by atoms with E-state index in [0.717, 1.165) is 5.52 Å². The number of hydrogen-bond donors (Lipinski definition) is 1. The standard InChI is InChI=1S/C10H12N4O2S/c1-17(15,16)7-6-11-10-12-8-4-2-3-5-9(8)13-14-10/h2-5H,6-7H2,1H3,(H,11,12,14). The smallest absolute Gasteiger partial charge is 0.243 e. The molecule has 1 N–H and O–H groups in total. The second-order valence-electron chi connectivity index (χ2n) is 3.68. The lowest BCUT2D eigenvalue weighted by Crippen LogP contribution is -2.15. The van der Waals surface area contributed by atoms with Crippen molar-refractivity contribution in [3.05, 3.63) is 24.3 Å². The van der Waals surface area contributed by atoms with Crippen LogP contribution in [0.2, 0.25) is 0 Å². The first-order valence-electron chi connectivity index (χ1n) is 5.06. The van der Waals surface area contributed by atoms with E-state index in [9.17, 15) is 8.42 Å². The largest absolute Gasteiger partial charge is 0.352 e. The Morgan fingerprint density at radius 2 is 1.88 bits per heavy atom. The van der Waals surface area contributed by atoms with Gasteiger partial charge in [0.15, 0.2) is 0 Å². The van der Waals surface area contributed by atoms with Gasteiger partial charge in [0.05, 0.1) is 11.3 Å². The molecule has 1 aromatic carbocycles. The van der Waals surface area contributed by atoms with E-state index in [4.69, 9.17) is 0 Å². The summed E-state index contributed by atoms with van der Waals surface area (Å²) < 4.78 is 21.9. The van der Waals surface area contributed by atoms with Gasteiger partial charge in [0, 0.05) is 12.8 Å². The quantitative estimate of drug-likeness (QED) is 0.852. The van der Waals surface area contributed by atoms with Crippen LogP contribution in [0.1, 0.15) is 0 Å². The maximum absolute atomic E-state index is 10.9. The number of anilines is 1. The van der Waals surface area contributed by atoms with Gasteiger partial charge in [-0.15, -0.1) is 10.2 Å². The molecular formula is C10H12N4O2S. The van der Waals surface area contributed by atoms with Gasteiger partial charge in [-0.2, -0.15) is 0 Å². The fourth-order valence-electron chi connectivity index (χ4n) is 1.30. The molecule has 2 aromatic rings. The zero-order chi connectivity index (χ0) is 12.3. The van der Waals surface area contributed by atoms with Crippen LogP contribution in [-0.2, 0) is 9.84 Å². The number of benzene rings is 1. The summed E-state index contributed by atoms with van der Waals surface area (Å²) in [5.41, 5.74) is 1.44. The highest BCUT2D eigenvalue weighted by molar-refractivity contribution is 7.90. The highest BCUT2D eigenvalue weighted by Crippen LogP contribution is 2.08. The predicted octanol–water partition coefficient (Wildman–Crippen LogP) is 0.481. The van der Waals surface area contributed by atoms with Gasteiger partial charge in [0.25, 0.3) is 0 Å². The van der Waals surface area contributed by atoms with Crippen LogP contribution in [0.25, 0.3) is 11.0 Å². The van der Waals surface area contributed by atoms with Crippen LogP contribution in [0.15, 0.2) is 24.3 Å². The minimum Gasteiger partial charge on any atom is -0.352 e. The number of hydrogen-bond acceptors (Lipinski definition) is 6. The second-order valence-corrected chi connectivity index (χ2v) is 5.94. The highest BCUT2D eigenvalue weighted by Gasteiger charge is 2.03. The fraction of sp³-hybridized carbons (Fsp3) is 0.300. The third-order valence-corrected chi connectivity index (χ3v) is 3.06. The Kier molecular flexibility index (Phi) is 3.19. The molecule has 0 saturated heterocycles. The van der Waals surface area contributed by atoms with E-state index in [-0.39, 0.29) is 12.3 Å². The average Bonchev–Trinajstić information content (AvgIpc) is 2.27. The third-order valence-electron chi connectivity index (χ3n) is 2.12. The van der Waals surface area contributed by atoms with Crippen molar-refractivity contribution in [3.63, 3.8) is 0 Å². The SMILES string of the molecule is CS(=O)(=O)CCNc1nnc2ccccc2n1. The molecule has 0 atom stereocenters. The van der Waals surface area contributed by atoms with Gasteiger partial charge in [0.2, 0.25) is 5.95 Å².